The van der Waals surface area contributed by atoms with Gasteiger partial charge >= 0.3 is 0 Å². The molecule has 3 heteroatoms. The molecule has 0 amide bonds. The van der Waals surface area contributed by atoms with Crippen LogP contribution in [0.25, 0.3) is 10.9 Å². The molecule has 2 rings (SSSR count). The molecule has 17 heavy (non-hydrogen) atoms. The van der Waals surface area contributed by atoms with Gasteiger partial charge in [-0.2, -0.15) is 5.10 Å². The van der Waals surface area contributed by atoms with Crippen molar-refractivity contribution in [2.24, 2.45) is 7.05 Å². The van der Waals surface area contributed by atoms with Gasteiger partial charge in [-0.3, -0.25) is 9.67 Å². The van der Waals surface area contributed by atoms with E-state index in [0.717, 1.165) is 5.69 Å². The molecule has 0 fully saturated rings. The third-order valence-electron chi connectivity index (χ3n) is 3.30. The topological polar surface area (TPSA) is 30.7 Å². The highest BCUT2D eigenvalue weighted by molar-refractivity contribution is 5.85. The van der Waals surface area contributed by atoms with E-state index in [1.54, 1.807) is 0 Å². The third kappa shape index (κ3) is 1.84. The maximum Gasteiger partial charge on any atom is 0.0899 e. The highest BCUT2D eigenvalue weighted by atomic mass is 15.3. The van der Waals surface area contributed by atoms with Crippen molar-refractivity contribution in [3.63, 3.8) is 0 Å². The third-order valence-corrected chi connectivity index (χ3v) is 3.30. The summed E-state index contributed by atoms with van der Waals surface area (Å²) < 4.78 is 1.94. The van der Waals surface area contributed by atoms with Crippen molar-refractivity contribution in [1.82, 2.24) is 14.8 Å². The Bertz CT molecular complexity index is 550. The highest BCUT2D eigenvalue weighted by Gasteiger charge is 2.17. The summed E-state index contributed by atoms with van der Waals surface area (Å²) in [4.78, 5) is 4.87. The van der Waals surface area contributed by atoms with Gasteiger partial charge in [-0.25, -0.2) is 0 Å². The van der Waals surface area contributed by atoms with Gasteiger partial charge in [0.25, 0.3) is 0 Å². The van der Waals surface area contributed by atoms with Gasteiger partial charge in [-0.15, -0.1) is 0 Å². The van der Waals surface area contributed by atoms with Crippen LogP contribution in [0.4, 0.5) is 0 Å². The van der Waals surface area contributed by atoms with E-state index in [4.69, 9.17) is 4.98 Å². The number of hydrogen-bond acceptors (Lipinski definition) is 2. The molecule has 0 aromatic carbocycles. The Morgan fingerprint density at radius 1 is 1.06 bits per heavy atom. The zero-order valence-electron chi connectivity index (χ0n) is 11.6. The second kappa shape index (κ2) is 4.13. The van der Waals surface area contributed by atoms with Crippen molar-refractivity contribution in [3.8, 4) is 0 Å². The zero-order chi connectivity index (χ0) is 12.7. The summed E-state index contributed by atoms with van der Waals surface area (Å²) in [6, 6.07) is 0. The van der Waals surface area contributed by atoms with Crippen LogP contribution in [0.15, 0.2) is 6.20 Å². The lowest BCUT2D eigenvalue weighted by molar-refractivity contribution is 0.743. The first kappa shape index (κ1) is 12.1. The largest absolute Gasteiger partial charge is 0.266 e. The standard InChI is InChI=1S/C14H21N3/c1-8(2)12-10(5)11-7-15-17(6)14(11)13(16-12)9(3)4/h7-9H,1-6H3. The lowest BCUT2D eigenvalue weighted by atomic mass is 9.98. The molecule has 0 saturated heterocycles. The molecule has 0 unspecified atom stereocenters. The summed E-state index contributed by atoms with van der Waals surface area (Å²) in [5.41, 5.74) is 4.82. The Kier molecular flexibility index (Phi) is 2.94. The number of hydrogen-bond donors (Lipinski definition) is 0. The average molecular weight is 231 g/mol. The number of aromatic nitrogens is 3. The molecule has 0 aliphatic rings. The van der Waals surface area contributed by atoms with Gasteiger partial charge in [-0.05, 0) is 24.3 Å². The molecule has 0 atom stereocenters. The van der Waals surface area contributed by atoms with Gasteiger partial charge in [-0.1, -0.05) is 27.7 Å². The van der Waals surface area contributed by atoms with E-state index in [-0.39, 0.29) is 0 Å². The monoisotopic (exact) mass is 231 g/mol. The zero-order valence-corrected chi connectivity index (χ0v) is 11.6. The molecule has 3 nitrogen and oxygen atoms in total. The van der Waals surface area contributed by atoms with Crippen molar-refractivity contribution >= 4 is 10.9 Å². The summed E-state index contributed by atoms with van der Waals surface area (Å²) in [5, 5.41) is 5.62. The van der Waals surface area contributed by atoms with Gasteiger partial charge in [0.2, 0.25) is 0 Å². The lowest BCUT2D eigenvalue weighted by Gasteiger charge is -2.15. The average Bonchev–Trinajstić information content (AvgIpc) is 2.61. The molecule has 92 valence electrons. The van der Waals surface area contributed by atoms with Crippen molar-refractivity contribution in [3.05, 3.63) is 23.1 Å². The van der Waals surface area contributed by atoms with Crippen LogP contribution in [-0.4, -0.2) is 14.8 Å². The molecule has 2 aromatic heterocycles. The van der Waals surface area contributed by atoms with Gasteiger partial charge in [0.05, 0.1) is 17.4 Å². The first-order chi connectivity index (χ1) is 7.93. The molecule has 0 aliphatic heterocycles. The minimum atomic E-state index is 0.422. The maximum absolute atomic E-state index is 4.87. The summed E-state index contributed by atoms with van der Waals surface area (Å²) in [7, 11) is 1.99. The smallest absolute Gasteiger partial charge is 0.0899 e. The van der Waals surface area contributed by atoms with E-state index >= 15 is 0 Å². The Morgan fingerprint density at radius 3 is 2.18 bits per heavy atom. The van der Waals surface area contributed by atoms with E-state index in [1.807, 2.05) is 17.9 Å². The van der Waals surface area contributed by atoms with E-state index in [2.05, 4.69) is 39.7 Å². The fourth-order valence-electron chi connectivity index (χ4n) is 2.38. The normalized spacial score (nSPS) is 12.0. The molecular weight excluding hydrogens is 210 g/mol. The second-order valence-electron chi connectivity index (χ2n) is 5.35. The van der Waals surface area contributed by atoms with Gasteiger partial charge < -0.3 is 0 Å². The van der Waals surface area contributed by atoms with Crippen molar-refractivity contribution in [2.75, 3.05) is 0 Å². The first-order valence-electron chi connectivity index (χ1n) is 6.25. The number of pyridine rings is 1. The Morgan fingerprint density at radius 2 is 1.65 bits per heavy atom. The van der Waals surface area contributed by atoms with Crippen molar-refractivity contribution < 1.29 is 0 Å². The van der Waals surface area contributed by atoms with Crippen LogP contribution in [-0.2, 0) is 7.05 Å². The van der Waals surface area contributed by atoms with Crippen molar-refractivity contribution in [2.45, 2.75) is 46.5 Å². The predicted molar refractivity (Wildman–Crippen MR) is 71.4 cm³/mol. The minimum Gasteiger partial charge on any atom is -0.266 e. The number of nitrogens with zero attached hydrogens (tertiary/aromatic N) is 3. The van der Waals surface area contributed by atoms with Crippen LogP contribution in [0, 0.1) is 6.92 Å². The summed E-state index contributed by atoms with van der Waals surface area (Å²) >= 11 is 0. The maximum atomic E-state index is 4.87. The van der Waals surface area contributed by atoms with E-state index < -0.39 is 0 Å². The molecule has 0 bridgehead atoms. The summed E-state index contributed by atoms with van der Waals surface area (Å²) in [5.74, 6) is 0.878. The van der Waals surface area contributed by atoms with Crippen LogP contribution in [0.2, 0.25) is 0 Å². The Hall–Kier alpha value is -1.38. The summed E-state index contributed by atoms with van der Waals surface area (Å²) in [6.07, 6.45) is 1.96. The Balaban J connectivity index is 2.87. The van der Waals surface area contributed by atoms with Gasteiger partial charge in [0.1, 0.15) is 0 Å². The van der Waals surface area contributed by atoms with Crippen LogP contribution in [0.5, 0.6) is 0 Å². The number of rotatable bonds is 2. The number of fused-ring (bicyclic) bond motifs is 1. The van der Waals surface area contributed by atoms with Gasteiger partial charge in [0.15, 0.2) is 0 Å². The molecule has 0 spiro atoms. The Labute approximate surface area is 103 Å². The molecule has 2 aromatic rings. The highest BCUT2D eigenvalue weighted by Crippen LogP contribution is 2.30. The molecule has 2 heterocycles. The lowest BCUT2D eigenvalue weighted by Crippen LogP contribution is -2.06. The van der Waals surface area contributed by atoms with E-state index in [1.165, 1.54) is 22.2 Å². The van der Waals surface area contributed by atoms with Gasteiger partial charge in [0, 0.05) is 18.1 Å². The quantitative estimate of drug-likeness (QED) is 0.791. The van der Waals surface area contributed by atoms with E-state index in [9.17, 15) is 0 Å². The fourth-order valence-corrected chi connectivity index (χ4v) is 2.38. The molecular formula is C14H21N3. The SMILES string of the molecule is Cc1c(C(C)C)nc(C(C)C)c2c1cnn2C. The van der Waals surface area contributed by atoms with Crippen LogP contribution >= 0.6 is 0 Å². The molecule has 0 aliphatic carbocycles. The first-order valence-corrected chi connectivity index (χ1v) is 6.25. The van der Waals surface area contributed by atoms with Crippen LogP contribution < -0.4 is 0 Å². The second-order valence-corrected chi connectivity index (χ2v) is 5.35. The fraction of sp³-hybridized carbons (Fsp3) is 0.571. The van der Waals surface area contributed by atoms with Crippen LogP contribution in [0.1, 0.15) is 56.5 Å². The minimum absolute atomic E-state index is 0.422. The van der Waals surface area contributed by atoms with Crippen molar-refractivity contribution in [1.29, 1.82) is 0 Å². The summed E-state index contributed by atoms with van der Waals surface area (Å²) in [6.45, 7) is 10.9. The van der Waals surface area contributed by atoms with Crippen LogP contribution in [0.3, 0.4) is 0 Å². The van der Waals surface area contributed by atoms with E-state index in [0.29, 0.717) is 11.8 Å². The molecule has 0 saturated carbocycles. The molecule has 0 radical (unpaired) electrons. The number of aryl methyl sites for hydroxylation is 2. The predicted octanol–water partition coefficient (Wildman–Crippen LogP) is 3.52. The molecule has 0 N–H and O–H groups in total.